The maximum Gasteiger partial charge on any atom is 0.222 e. The van der Waals surface area contributed by atoms with Crippen LogP contribution in [0.15, 0.2) is 0 Å². The van der Waals surface area contributed by atoms with Crippen molar-refractivity contribution in [1.82, 2.24) is 14.5 Å². The predicted octanol–water partition coefficient (Wildman–Crippen LogP) is 2.69. The molecule has 0 saturated carbocycles. The Kier molecular flexibility index (Phi) is 2.76. The van der Waals surface area contributed by atoms with Crippen LogP contribution in [-0.2, 0) is 6.54 Å². The molecule has 0 atom stereocenters. The van der Waals surface area contributed by atoms with Crippen molar-refractivity contribution in [3.05, 3.63) is 16.4 Å². The van der Waals surface area contributed by atoms with Crippen molar-refractivity contribution in [3.63, 3.8) is 0 Å². The van der Waals surface area contributed by atoms with Gasteiger partial charge in [0, 0.05) is 12.2 Å². The first-order valence-corrected chi connectivity index (χ1v) is 5.72. The number of hydrogen-bond donors (Lipinski definition) is 1. The van der Waals surface area contributed by atoms with Crippen LogP contribution in [-0.4, -0.2) is 14.5 Å². The summed E-state index contributed by atoms with van der Waals surface area (Å²) in [5.74, 6) is 0.231. The summed E-state index contributed by atoms with van der Waals surface area (Å²) in [6.07, 6.45) is 1.05. The lowest BCUT2D eigenvalue weighted by molar-refractivity contribution is 0.683. The van der Waals surface area contributed by atoms with E-state index in [4.69, 9.17) is 17.3 Å². The second kappa shape index (κ2) is 3.94. The topological polar surface area (TPSA) is 56.7 Å². The Balaban J connectivity index is 2.85. The van der Waals surface area contributed by atoms with Crippen LogP contribution < -0.4 is 5.73 Å². The van der Waals surface area contributed by atoms with Crippen molar-refractivity contribution in [2.45, 2.75) is 33.7 Å². The van der Waals surface area contributed by atoms with Gasteiger partial charge in [-0.25, -0.2) is 4.98 Å². The van der Waals surface area contributed by atoms with Crippen LogP contribution in [0.1, 0.15) is 24.6 Å². The van der Waals surface area contributed by atoms with Gasteiger partial charge in [-0.05, 0) is 25.8 Å². The third-order valence-corrected chi connectivity index (χ3v) is 3.14. The van der Waals surface area contributed by atoms with Crippen LogP contribution in [0.2, 0.25) is 5.15 Å². The van der Waals surface area contributed by atoms with Crippen LogP contribution in [0.5, 0.6) is 0 Å². The van der Waals surface area contributed by atoms with Crippen molar-refractivity contribution in [3.8, 4) is 0 Å². The monoisotopic (exact) mass is 238 g/mol. The number of nitrogens with zero attached hydrogens (tertiary/aromatic N) is 3. The average molecular weight is 239 g/mol. The van der Waals surface area contributed by atoms with Crippen molar-refractivity contribution in [2.75, 3.05) is 5.73 Å². The van der Waals surface area contributed by atoms with E-state index in [0.29, 0.717) is 5.15 Å². The molecule has 86 valence electrons. The molecule has 4 nitrogen and oxygen atoms in total. The maximum atomic E-state index is 6.14. The minimum atomic E-state index is 0.231. The van der Waals surface area contributed by atoms with Gasteiger partial charge in [-0.15, -0.1) is 0 Å². The molecule has 0 unspecified atom stereocenters. The Hall–Kier alpha value is -1.29. The molecular formula is C11H15ClN4. The van der Waals surface area contributed by atoms with E-state index in [-0.39, 0.29) is 5.95 Å². The first-order valence-electron chi connectivity index (χ1n) is 5.34. The van der Waals surface area contributed by atoms with Gasteiger partial charge in [0.2, 0.25) is 5.95 Å². The number of nitrogens with two attached hydrogens (primary N) is 1. The van der Waals surface area contributed by atoms with E-state index in [2.05, 4.69) is 28.4 Å². The van der Waals surface area contributed by atoms with Gasteiger partial charge < -0.3 is 10.3 Å². The van der Waals surface area contributed by atoms with Gasteiger partial charge in [0.05, 0.1) is 5.52 Å². The van der Waals surface area contributed by atoms with Crippen LogP contribution >= 0.6 is 11.6 Å². The fraction of sp³-hybridized carbons (Fsp3) is 0.455. The van der Waals surface area contributed by atoms with E-state index in [0.717, 1.165) is 29.6 Å². The molecule has 0 aromatic carbocycles. The van der Waals surface area contributed by atoms with Crippen LogP contribution in [0.25, 0.3) is 11.0 Å². The molecule has 0 aliphatic heterocycles. The Morgan fingerprint density at radius 2 is 2.00 bits per heavy atom. The number of halogens is 1. The largest absolute Gasteiger partial charge is 0.368 e. The summed E-state index contributed by atoms with van der Waals surface area (Å²) in [4.78, 5) is 8.27. The zero-order valence-corrected chi connectivity index (χ0v) is 10.5. The Labute approximate surface area is 99.4 Å². The van der Waals surface area contributed by atoms with Crippen LogP contribution in [0.3, 0.4) is 0 Å². The van der Waals surface area contributed by atoms with Crippen LogP contribution in [0, 0.1) is 13.8 Å². The van der Waals surface area contributed by atoms with E-state index in [1.165, 1.54) is 5.69 Å². The molecule has 5 heteroatoms. The van der Waals surface area contributed by atoms with Crippen molar-refractivity contribution >= 4 is 28.6 Å². The first-order chi connectivity index (χ1) is 7.56. The number of hydrogen-bond acceptors (Lipinski definition) is 3. The molecule has 2 heterocycles. The Morgan fingerprint density at radius 1 is 1.31 bits per heavy atom. The minimum Gasteiger partial charge on any atom is -0.368 e. The first kappa shape index (κ1) is 11.2. The summed E-state index contributed by atoms with van der Waals surface area (Å²) in [7, 11) is 0. The molecule has 0 fully saturated rings. The zero-order chi connectivity index (χ0) is 11.9. The second-order valence-corrected chi connectivity index (χ2v) is 4.29. The SMILES string of the molecule is CCCn1c(C)c(C)c2nc(N)nc(Cl)c21. The van der Waals surface area contributed by atoms with Crippen molar-refractivity contribution < 1.29 is 0 Å². The highest BCUT2D eigenvalue weighted by Gasteiger charge is 2.16. The molecule has 0 aliphatic carbocycles. The molecule has 0 bridgehead atoms. The third-order valence-electron chi connectivity index (χ3n) is 2.88. The number of rotatable bonds is 2. The van der Waals surface area contributed by atoms with Gasteiger partial charge in [-0.1, -0.05) is 18.5 Å². The van der Waals surface area contributed by atoms with Gasteiger partial charge in [0.25, 0.3) is 0 Å². The Bertz CT molecular complexity index is 545. The fourth-order valence-electron chi connectivity index (χ4n) is 1.99. The fourth-order valence-corrected chi connectivity index (χ4v) is 2.27. The molecule has 2 rings (SSSR count). The molecule has 0 radical (unpaired) electrons. The highest BCUT2D eigenvalue weighted by molar-refractivity contribution is 6.34. The van der Waals surface area contributed by atoms with Crippen LogP contribution in [0.4, 0.5) is 5.95 Å². The molecule has 0 aliphatic rings. The molecule has 2 aromatic rings. The Morgan fingerprint density at radius 3 is 2.62 bits per heavy atom. The van der Waals surface area contributed by atoms with Gasteiger partial charge in [-0.3, -0.25) is 0 Å². The summed E-state index contributed by atoms with van der Waals surface area (Å²) in [6, 6.07) is 0. The zero-order valence-electron chi connectivity index (χ0n) is 9.71. The minimum absolute atomic E-state index is 0.231. The van der Waals surface area contributed by atoms with E-state index < -0.39 is 0 Å². The highest BCUT2D eigenvalue weighted by Crippen LogP contribution is 2.29. The summed E-state index contributed by atoms with van der Waals surface area (Å²) in [5, 5.41) is 0.437. The number of anilines is 1. The standard InChI is InChI=1S/C11H15ClN4/c1-4-5-16-7(3)6(2)8-9(16)10(12)15-11(13)14-8/h4-5H2,1-3H3,(H2,13,14,15). The summed E-state index contributed by atoms with van der Waals surface area (Å²) in [6.45, 7) is 7.15. The molecule has 0 amide bonds. The van der Waals surface area contributed by atoms with Crippen molar-refractivity contribution in [1.29, 1.82) is 0 Å². The number of fused-ring (bicyclic) bond motifs is 1. The number of aromatic nitrogens is 3. The maximum absolute atomic E-state index is 6.14. The molecule has 2 N–H and O–H groups in total. The lowest BCUT2D eigenvalue weighted by Crippen LogP contribution is -2.01. The van der Waals surface area contributed by atoms with E-state index in [1.54, 1.807) is 0 Å². The highest BCUT2D eigenvalue weighted by atomic mass is 35.5. The second-order valence-electron chi connectivity index (χ2n) is 3.93. The molecule has 0 spiro atoms. The van der Waals surface area contributed by atoms with E-state index in [9.17, 15) is 0 Å². The van der Waals surface area contributed by atoms with Gasteiger partial charge >= 0.3 is 0 Å². The molecule has 0 saturated heterocycles. The van der Waals surface area contributed by atoms with E-state index >= 15 is 0 Å². The molecule has 2 aromatic heterocycles. The summed E-state index contributed by atoms with van der Waals surface area (Å²) in [5.41, 5.74) is 9.68. The predicted molar refractivity (Wildman–Crippen MR) is 66.7 cm³/mol. The average Bonchev–Trinajstić information content (AvgIpc) is 2.44. The lowest BCUT2D eigenvalue weighted by Gasteiger charge is -2.06. The lowest BCUT2D eigenvalue weighted by atomic mass is 10.2. The van der Waals surface area contributed by atoms with Crippen molar-refractivity contribution in [2.24, 2.45) is 0 Å². The molecular weight excluding hydrogens is 224 g/mol. The quantitative estimate of drug-likeness (QED) is 0.819. The summed E-state index contributed by atoms with van der Waals surface area (Å²) >= 11 is 6.14. The number of nitrogen functional groups attached to an aromatic ring is 1. The van der Waals surface area contributed by atoms with Gasteiger partial charge in [0.15, 0.2) is 5.15 Å². The third kappa shape index (κ3) is 1.53. The summed E-state index contributed by atoms with van der Waals surface area (Å²) < 4.78 is 2.16. The normalized spacial score (nSPS) is 11.2. The van der Waals surface area contributed by atoms with E-state index in [1.807, 2.05) is 6.92 Å². The van der Waals surface area contributed by atoms with Gasteiger partial charge in [0.1, 0.15) is 5.52 Å². The smallest absolute Gasteiger partial charge is 0.222 e. The number of aryl methyl sites for hydroxylation is 2. The molecule has 16 heavy (non-hydrogen) atoms. The van der Waals surface area contributed by atoms with Gasteiger partial charge in [-0.2, -0.15) is 4.98 Å².